The van der Waals surface area contributed by atoms with Crippen molar-refractivity contribution in [3.63, 3.8) is 0 Å². The fourth-order valence-corrected chi connectivity index (χ4v) is 2.14. The van der Waals surface area contributed by atoms with Crippen LogP contribution in [0, 0.1) is 11.8 Å². The van der Waals surface area contributed by atoms with Crippen LogP contribution < -0.4 is 5.32 Å². The first-order valence-corrected chi connectivity index (χ1v) is 6.72. The minimum Gasteiger partial charge on any atom is -0.336 e. The molecule has 0 fully saturated rings. The molecule has 100 valence electrons. The van der Waals surface area contributed by atoms with Crippen molar-refractivity contribution in [2.24, 2.45) is 0 Å². The lowest BCUT2D eigenvalue weighted by Gasteiger charge is -2.21. The van der Waals surface area contributed by atoms with Gasteiger partial charge in [-0.1, -0.05) is 24.1 Å². The number of nitrogens with zero attached hydrogens (tertiary/aromatic N) is 1. The summed E-state index contributed by atoms with van der Waals surface area (Å²) < 4.78 is 2.23. The topological polar surface area (TPSA) is 17.0 Å². The van der Waals surface area contributed by atoms with E-state index < -0.39 is 0 Å². The van der Waals surface area contributed by atoms with Crippen LogP contribution in [0.5, 0.6) is 0 Å². The molecule has 0 unspecified atom stereocenters. The fraction of sp³-hybridized carbons (Fsp3) is 0.412. The maximum atomic E-state index is 3.55. The Balaban J connectivity index is 2.36. The normalized spacial score (nSPS) is 11.4. The van der Waals surface area contributed by atoms with Gasteiger partial charge in [-0.15, -0.1) is 5.92 Å². The quantitative estimate of drug-likeness (QED) is 0.829. The van der Waals surface area contributed by atoms with Crippen LogP contribution in [0.2, 0.25) is 0 Å². The van der Waals surface area contributed by atoms with Crippen molar-refractivity contribution in [3.8, 4) is 11.8 Å². The average molecular weight is 254 g/mol. The van der Waals surface area contributed by atoms with Crippen LogP contribution in [-0.2, 0) is 13.1 Å². The van der Waals surface area contributed by atoms with Crippen molar-refractivity contribution in [2.45, 2.75) is 46.3 Å². The highest BCUT2D eigenvalue weighted by Gasteiger charge is 2.11. The second kappa shape index (κ2) is 5.50. The van der Waals surface area contributed by atoms with Gasteiger partial charge in [-0.25, -0.2) is 0 Å². The molecule has 0 aliphatic rings. The largest absolute Gasteiger partial charge is 0.336 e. The number of hydrogen-bond donors (Lipinski definition) is 1. The van der Waals surface area contributed by atoms with Gasteiger partial charge in [0.05, 0.1) is 12.1 Å². The minimum absolute atomic E-state index is 0.128. The Labute approximate surface area is 115 Å². The van der Waals surface area contributed by atoms with E-state index in [1.807, 2.05) is 6.92 Å². The highest BCUT2D eigenvalue weighted by molar-refractivity contribution is 5.83. The summed E-state index contributed by atoms with van der Waals surface area (Å²) in [6.45, 7) is 10.1. The number of rotatable bonds is 3. The van der Waals surface area contributed by atoms with E-state index in [1.54, 1.807) is 0 Å². The van der Waals surface area contributed by atoms with E-state index in [0.717, 1.165) is 13.1 Å². The van der Waals surface area contributed by atoms with E-state index in [0.29, 0.717) is 0 Å². The molecule has 0 radical (unpaired) electrons. The first-order chi connectivity index (χ1) is 9.01. The maximum absolute atomic E-state index is 3.55. The predicted octanol–water partition coefficient (Wildman–Crippen LogP) is 3.55. The van der Waals surface area contributed by atoms with Gasteiger partial charge in [-0.2, -0.15) is 0 Å². The Kier molecular flexibility index (Phi) is 3.97. The Bertz CT molecular complexity index is 618. The summed E-state index contributed by atoms with van der Waals surface area (Å²) >= 11 is 0. The van der Waals surface area contributed by atoms with E-state index in [2.05, 4.69) is 73.0 Å². The lowest BCUT2D eigenvalue weighted by Crippen LogP contribution is -2.35. The van der Waals surface area contributed by atoms with Crippen molar-refractivity contribution in [1.82, 2.24) is 9.88 Å². The van der Waals surface area contributed by atoms with Crippen molar-refractivity contribution in [2.75, 3.05) is 0 Å². The van der Waals surface area contributed by atoms with Crippen LogP contribution in [0.25, 0.3) is 10.9 Å². The molecular formula is C17H22N2. The van der Waals surface area contributed by atoms with Crippen molar-refractivity contribution in [1.29, 1.82) is 0 Å². The van der Waals surface area contributed by atoms with Crippen molar-refractivity contribution < 1.29 is 0 Å². The zero-order valence-corrected chi connectivity index (χ0v) is 12.2. The molecule has 2 aromatic rings. The molecular weight excluding hydrogens is 232 g/mol. The third-order valence-corrected chi connectivity index (χ3v) is 3.11. The van der Waals surface area contributed by atoms with Crippen LogP contribution in [0.3, 0.4) is 0 Å². The van der Waals surface area contributed by atoms with Gasteiger partial charge in [0, 0.05) is 18.3 Å². The highest BCUT2D eigenvalue weighted by atomic mass is 15.0. The molecule has 1 heterocycles. The van der Waals surface area contributed by atoms with Crippen LogP contribution in [0.4, 0.5) is 0 Å². The van der Waals surface area contributed by atoms with Gasteiger partial charge >= 0.3 is 0 Å². The monoisotopic (exact) mass is 254 g/mol. The smallest absolute Gasteiger partial charge is 0.0837 e. The molecule has 2 heteroatoms. The predicted molar refractivity (Wildman–Crippen MR) is 82.0 cm³/mol. The van der Waals surface area contributed by atoms with Gasteiger partial charge in [-0.05, 0) is 44.7 Å². The number of para-hydroxylation sites is 1. The second-order valence-electron chi connectivity index (χ2n) is 5.83. The Hall–Kier alpha value is -1.72. The van der Waals surface area contributed by atoms with Gasteiger partial charge < -0.3 is 9.88 Å². The number of benzene rings is 1. The third-order valence-electron chi connectivity index (χ3n) is 3.11. The summed E-state index contributed by atoms with van der Waals surface area (Å²) in [6, 6.07) is 8.63. The Morgan fingerprint density at radius 1 is 1.21 bits per heavy atom. The summed E-state index contributed by atoms with van der Waals surface area (Å²) in [7, 11) is 0. The first kappa shape index (κ1) is 13.7. The summed E-state index contributed by atoms with van der Waals surface area (Å²) in [6.07, 6.45) is 2.12. The van der Waals surface area contributed by atoms with E-state index >= 15 is 0 Å². The van der Waals surface area contributed by atoms with Gasteiger partial charge in [0.15, 0.2) is 0 Å². The lowest BCUT2D eigenvalue weighted by molar-refractivity contribution is 0.425. The summed E-state index contributed by atoms with van der Waals surface area (Å²) in [5.41, 5.74) is 2.75. The second-order valence-corrected chi connectivity index (χ2v) is 5.83. The van der Waals surface area contributed by atoms with Crippen LogP contribution >= 0.6 is 0 Å². The van der Waals surface area contributed by atoms with Crippen molar-refractivity contribution >= 4 is 10.9 Å². The molecule has 1 aromatic heterocycles. The molecule has 1 N–H and O–H groups in total. The molecule has 1 aromatic carbocycles. The van der Waals surface area contributed by atoms with Crippen LogP contribution in [-0.4, -0.2) is 10.1 Å². The summed E-state index contributed by atoms with van der Waals surface area (Å²) in [5.74, 6) is 6.09. The van der Waals surface area contributed by atoms with Crippen LogP contribution in [0.15, 0.2) is 30.5 Å². The molecule has 0 amide bonds. The lowest BCUT2D eigenvalue weighted by atomic mass is 10.1. The molecule has 19 heavy (non-hydrogen) atoms. The standard InChI is InChI=1S/C17H22N2/c1-5-6-11-19-12-10-14-8-7-9-15(16(14)19)13-18-17(2,3)4/h7-10,12,18H,11,13H2,1-4H3. The fourth-order valence-electron chi connectivity index (χ4n) is 2.14. The zero-order chi connectivity index (χ0) is 13.9. The van der Waals surface area contributed by atoms with E-state index in [4.69, 9.17) is 0 Å². The van der Waals surface area contributed by atoms with E-state index in [-0.39, 0.29) is 5.54 Å². The van der Waals surface area contributed by atoms with E-state index in [9.17, 15) is 0 Å². The van der Waals surface area contributed by atoms with Gasteiger partial charge in [0.2, 0.25) is 0 Å². The summed E-state index contributed by atoms with van der Waals surface area (Å²) in [4.78, 5) is 0. The third kappa shape index (κ3) is 3.39. The first-order valence-electron chi connectivity index (χ1n) is 6.72. The molecule has 0 aliphatic carbocycles. The van der Waals surface area contributed by atoms with E-state index in [1.165, 1.54) is 16.5 Å². The van der Waals surface area contributed by atoms with Gasteiger partial charge in [0.1, 0.15) is 0 Å². The number of hydrogen-bond acceptors (Lipinski definition) is 1. The number of nitrogens with one attached hydrogen (secondary N) is 1. The molecule has 0 spiro atoms. The number of fused-ring (bicyclic) bond motifs is 1. The molecule has 0 aliphatic heterocycles. The molecule has 0 saturated heterocycles. The molecule has 0 bridgehead atoms. The van der Waals surface area contributed by atoms with Crippen LogP contribution in [0.1, 0.15) is 33.3 Å². The number of aromatic nitrogens is 1. The maximum Gasteiger partial charge on any atom is 0.0837 e. The van der Waals surface area contributed by atoms with Gasteiger partial charge in [0.25, 0.3) is 0 Å². The minimum atomic E-state index is 0.128. The molecule has 2 rings (SSSR count). The summed E-state index contributed by atoms with van der Waals surface area (Å²) in [5, 5.41) is 4.84. The molecule has 2 nitrogen and oxygen atoms in total. The molecule has 0 saturated carbocycles. The highest BCUT2D eigenvalue weighted by Crippen LogP contribution is 2.21. The zero-order valence-electron chi connectivity index (χ0n) is 12.2. The average Bonchev–Trinajstić information content (AvgIpc) is 2.76. The SMILES string of the molecule is CC#CCn1ccc2cccc(CNC(C)(C)C)c21. The Morgan fingerprint density at radius 2 is 2.00 bits per heavy atom. The molecule has 0 atom stereocenters. The van der Waals surface area contributed by atoms with Gasteiger partial charge in [-0.3, -0.25) is 0 Å². The Morgan fingerprint density at radius 3 is 2.68 bits per heavy atom. The van der Waals surface area contributed by atoms with Crippen molar-refractivity contribution in [3.05, 3.63) is 36.0 Å².